The van der Waals surface area contributed by atoms with Gasteiger partial charge in [0.15, 0.2) is 0 Å². The summed E-state index contributed by atoms with van der Waals surface area (Å²) in [6.07, 6.45) is 0. The van der Waals surface area contributed by atoms with Crippen molar-refractivity contribution in [3.8, 4) is 5.75 Å². The second-order valence-electron chi connectivity index (χ2n) is 3.03. The molecule has 0 fully saturated rings. The Balaban J connectivity index is 3.00. The molecule has 0 saturated heterocycles. The Hall–Kier alpha value is -2.11. The summed E-state index contributed by atoms with van der Waals surface area (Å²) < 4.78 is 9.65. The van der Waals surface area contributed by atoms with E-state index in [0.717, 1.165) is 0 Å². The van der Waals surface area contributed by atoms with Gasteiger partial charge in [0.1, 0.15) is 12.4 Å². The van der Waals surface area contributed by atoms with Crippen LogP contribution in [0.5, 0.6) is 5.75 Å². The van der Waals surface area contributed by atoms with Crippen molar-refractivity contribution in [2.45, 2.75) is 13.5 Å². The van der Waals surface area contributed by atoms with Gasteiger partial charge in [-0.3, -0.25) is 14.9 Å². The van der Waals surface area contributed by atoms with Gasteiger partial charge in [-0.05, 0) is 12.1 Å². The summed E-state index contributed by atoms with van der Waals surface area (Å²) in [5.74, 6) is -0.00938. The fourth-order valence-corrected chi connectivity index (χ4v) is 1.16. The van der Waals surface area contributed by atoms with E-state index in [4.69, 9.17) is 9.47 Å². The average Bonchev–Trinajstić information content (AvgIpc) is 2.25. The average molecular weight is 225 g/mol. The summed E-state index contributed by atoms with van der Waals surface area (Å²) in [4.78, 5) is 20.8. The molecule has 1 aromatic carbocycles. The van der Waals surface area contributed by atoms with Crippen LogP contribution in [-0.4, -0.2) is 18.0 Å². The largest absolute Gasteiger partial charge is 0.497 e. The van der Waals surface area contributed by atoms with Crippen LogP contribution in [0.2, 0.25) is 0 Å². The number of nitrogens with zero attached hydrogens (tertiary/aromatic N) is 1. The van der Waals surface area contributed by atoms with Crippen LogP contribution in [0.15, 0.2) is 18.2 Å². The number of carbonyl (C=O) groups excluding carboxylic acids is 1. The number of carbonyl (C=O) groups is 1. The SMILES string of the molecule is COc1ccc([N+](=O)[O-])c(COC(C)=O)c1. The van der Waals surface area contributed by atoms with E-state index in [2.05, 4.69) is 0 Å². The molecule has 0 aliphatic heterocycles. The van der Waals surface area contributed by atoms with Gasteiger partial charge in [0, 0.05) is 13.0 Å². The molecular weight excluding hydrogens is 214 g/mol. The first kappa shape index (κ1) is 12.0. The molecule has 0 bridgehead atoms. The Morgan fingerprint density at radius 3 is 2.69 bits per heavy atom. The van der Waals surface area contributed by atoms with Gasteiger partial charge in [-0.1, -0.05) is 0 Å². The summed E-state index contributed by atoms with van der Waals surface area (Å²) in [5, 5.41) is 10.7. The highest BCUT2D eigenvalue weighted by atomic mass is 16.6. The maximum absolute atomic E-state index is 10.7. The highest BCUT2D eigenvalue weighted by Crippen LogP contribution is 2.24. The second-order valence-corrected chi connectivity index (χ2v) is 3.03. The Morgan fingerprint density at radius 1 is 1.50 bits per heavy atom. The number of nitro benzene ring substituents is 1. The molecule has 0 heterocycles. The lowest BCUT2D eigenvalue weighted by Crippen LogP contribution is -2.02. The van der Waals surface area contributed by atoms with Gasteiger partial charge in [-0.15, -0.1) is 0 Å². The fraction of sp³-hybridized carbons (Fsp3) is 0.300. The highest BCUT2D eigenvalue weighted by molar-refractivity contribution is 5.66. The quantitative estimate of drug-likeness (QED) is 0.442. The van der Waals surface area contributed by atoms with Crippen molar-refractivity contribution in [1.82, 2.24) is 0 Å². The van der Waals surface area contributed by atoms with Crippen LogP contribution in [0.4, 0.5) is 5.69 Å². The summed E-state index contributed by atoms with van der Waals surface area (Å²) in [6.45, 7) is 1.11. The molecule has 6 heteroatoms. The zero-order valence-corrected chi connectivity index (χ0v) is 8.93. The van der Waals surface area contributed by atoms with Crippen molar-refractivity contribution in [3.63, 3.8) is 0 Å². The van der Waals surface area contributed by atoms with E-state index in [9.17, 15) is 14.9 Å². The number of hydrogen-bond acceptors (Lipinski definition) is 5. The Kier molecular flexibility index (Phi) is 3.82. The van der Waals surface area contributed by atoms with E-state index in [0.29, 0.717) is 11.3 Å². The smallest absolute Gasteiger partial charge is 0.302 e. The molecule has 0 unspecified atom stereocenters. The third kappa shape index (κ3) is 2.94. The van der Waals surface area contributed by atoms with Crippen molar-refractivity contribution in [1.29, 1.82) is 0 Å². The third-order valence-corrected chi connectivity index (χ3v) is 1.91. The van der Waals surface area contributed by atoms with Crippen molar-refractivity contribution in [3.05, 3.63) is 33.9 Å². The van der Waals surface area contributed by atoms with Crippen LogP contribution in [0.25, 0.3) is 0 Å². The highest BCUT2D eigenvalue weighted by Gasteiger charge is 2.15. The monoisotopic (exact) mass is 225 g/mol. The van der Waals surface area contributed by atoms with Gasteiger partial charge < -0.3 is 9.47 Å². The standard InChI is InChI=1S/C10H11NO5/c1-7(12)16-6-8-5-9(15-2)3-4-10(8)11(13)14/h3-5H,6H2,1-2H3. The van der Waals surface area contributed by atoms with Crippen molar-refractivity contribution in [2.24, 2.45) is 0 Å². The normalized spacial score (nSPS) is 9.62. The minimum Gasteiger partial charge on any atom is -0.497 e. The predicted molar refractivity (Wildman–Crippen MR) is 55.1 cm³/mol. The Morgan fingerprint density at radius 2 is 2.19 bits per heavy atom. The number of hydrogen-bond donors (Lipinski definition) is 0. The first-order valence-corrected chi connectivity index (χ1v) is 4.49. The molecule has 16 heavy (non-hydrogen) atoms. The lowest BCUT2D eigenvalue weighted by Gasteiger charge is -2.05. The molecule has 0 aliphatic carbocycles. The lowest BCUT2D eigenvalue weighted by molar-refractivity contribution is -0.385. The summed E-state index contributed by atoms with van der Waals surface area (Å²) in [6, 6.07) is 4.27. The van der Waals surface area contributed by atoms with Crippen LogP contribution < -0.4 is 4.74 Å². The Labute approximate surface area is 91.9 Å². The van der Waals surface area contributed by atoms with Crippen molar-refractivity contribution < 1.29 is 19.2 Å². The van der Waals surface area contributed by atoms with Gasteiger partial charge in [0.05, 0.1) is 17.6 Å². The van der Waals surface area contributed by atoms with Gasteiger partial charge in [-0.2, -0.15) is 0 Å². The zero-order chi connectivity index (χ0) is 12.1. The number of ether oxygens (including phenoxy) is 2. The number of rotatable bonds is 4. The number of benzene rings is 1. The van der Waals surface area contributed by atoms with Crippen LogP contribution in [0.3, 0.4) is 0 Å². The van der Waals surface area contributed by atoms with Crippen LogP contribution in [0, 0.1) is 10.1 Å². The maximum atomic E-state index is 10.7. The third-order valence-electron chi connectivity index (χ3n) is 1.91. The van der Waals surface area contributed by atoms with E-state index in [-0.39, 0.29) is 12.3 Å². The second kappa shape index (κ2) is 5.11. The molecule has 0 atom stereocenters. The molecule has 0 radical (unpaired) electrons. The first-order chi connectivity index (χ1) is 7.54. The molecule has 6 nitrogen and oxygen atoms in total. The molecule has 86 valence electrons. The summed E-state index contributed by atoms with van der Waals surface area (Å²) >= 11 is 0. The predicted octanol–water partition coefficient (Wildman–Crippen LogP) is 1.67. The number of nitro groups is 1. The van der Waals surface area contributed by atoms with Crippen LogP contribution in [0.1, 0.15) is 12.5 Å². The molecule has 1 rings (SSSR count). The fourth-order valence-electron chi connectivity index (χ4n) is 1.16. The van der Waals surface area contributed by atoms with Crippen molar-refractivity contribution in [2.75, 3.05) is 7.11 Å². The van der Waals surface area contributed by atoms with Gasteiger partial charge >= 0.3 is 5.97 Å². The first-order valence-electron chi connectivity index (χ1n) is 4.49. The lowest BCUT2D eigenvalue weighted by atomic mass is 10.2. The van der Waals surface area contributed by atoms with E-state index in [1.807, 2.05) is 0 Å². The molecule has 0 saturated carbocycles. The minimum absolute atomic E-state index is 0.0953. The summed E-state index contributed by atoms with van der Waals surface area (Å²) in [5.41, 5.74) is 0.210. The topological polar surface area (TPSA) is 78.7 Å². The maximum Gasteiger partial charge on any atom is 0.302 e. The zero-order valence-electron chi connectivity index (χ0n) is 8.93. The Bertz CT molecular complexity index is 416. The number of esters is 1. The molecule has 0 spiro atoms. The molecule has 0 aromatic heterocycles. The van der Waals surface area contributed by atoms with E-state index >= 15 is 0 Å². The van der Waals surface area contributed by atoms with Crippen LogP contribution in [-0.2, 0) is 16.1 Å². The van der Waals surface area contributed by atoms with E-state index < -0.39 is 10.9 Å². The molecule has 1 aromatic rings. The molecule has 0 N–H and O–H groups in total. The molecular formula is C10H11NO5. The van der Waals surface area contributed by atoms with Gasteiger partial charge in [0.25, 0.3) is 5.69 Å². The van der Waals surface area contributed by atoms with E-state index in [1.165, 1.54) is 32.2 Å². The van der Waals surface area contributed by atoms with Crippen molar-refractivity contribution >= 4 is 11.7 Å². The van der Waals surface area contributed by atoms with Gasteiger partial charge in [0.2, 0.25) is 0 Å². The number of methoxy groups -OCH3 is 1. The van der Waals surface area contributed by atoms with Crippen LogP contribution >= 0.6 is 0 Å². The molecule has 0 amide bonds. The minimum atomic E-state index is -0.529. The molecule has 0 aliphatic rings. The summed E-state index contributed by atoms with van der Waals surface area (Å²) in [7, 11) is 1.46. The van der Waals surface area contributed by atoms with E-state index in [1.54, 1.807) is 0 Å². The van der Waals surface area contributed by atoms with Gasteiger partial charge in [-0.25, -0.2) is 0 Å².